The molecule has 0 aliphatic rings. The van der Waals surface area contributed by atoms with Crippen LogP contribution in [-0.2, 0) is 21.8 Å². The SMILES string of the molecule is Cc1cc(C)c(Cn2nc(C(C)(C)C)c(C)c2C(=O)CS(=O)(=O)c2cccc(N)n2)c(C)c1. The largest absolute Gasteiger partial charge is 0.384 e. The molecular weight excluding hydrogens is 436 g/mol. The standard InChI is InChI=1S/C25H32N4O3S/c1-15-11-16(2)19(17(3)12-15)13-29-23(18(4)24(28-29)25(5,6)7)20(30)14-33(31,32)22-10-8-9-21(26)27-22/h8-12H,13-14H2,1-7H3,(H2,26,27). The highest BCUT2D eigenvalue weighted by atomic mass is 32.2. The molecule has 0 aliphatic carbocycles. The van der Waals surface area contributed by atoms with Crippen LogP contribution in [0.2, 0.25) is 0 Å². The molecule has 33 heavy (non-hydrogen) atoms. The molecule has 0 saturated carbocycles. The minimum Gasteiger partial charge on any atom is -0.384 e. The van der Waals surface area contributed by atoms with Gasteiger partial charge in [0.05, 0.1) is 12.2 Å². The second-order valence-electron chi connectivity index (χ2n) is 9.69. The van der Waals surface area contributed by atoms with Gasteiger partial charge in [0.25, 0.3) is 0 Å². The fourth-order valence-corrected chi connectivity index (χ4v) is 5.42. The predicted molar refractivity (Wildman–Crippen MR) is 130 cm³/mol. The van der Waals surface area contributed by atoms with Crippen molar-refractivity contribution in [3.8, 4) is 0 Å². The maximum absolute atomic E-state index is 13.4. The molecule has 0 spiro atoms. The van der Waals surface area contributed by atoms with E-state index in [1.165, 1.54) is 18.2 Å². The van der Waals surface area contributed by atoms with Gasteiger partial charge in [0.15, 0.2) is 10.8 Å². The number of nitrogens with two attached hydrogens (primary N) is 1. The number of anilines is 1. The topological polar surface area (TPSA) is 108 Å². The van der Waals surface area contributed by atoms with E-state index in [1.54, 1.807) is 4.68 Å². The number of ketones is 1. The number of Topliss-reactive ketones (excluding diaryl/α,β-unsaturated/α-hetero) is 1. The summed E-state index contributed by atoms with van der Waals surface area (Å²) in [5.74, 6) is -1.13. The third-order valence-corrected chi connectivity index (χ3v) is 7.20. The first-order valence-electron chi connectivity index (χ1n) is 10.8. The number of sulfone groups is 1. The summed E-state index contributed by atoms with van der Waals surface area (Å²) < 4.78 is 27.5. The van der Waals surface area contributed by atoms with Crippen LogP contribution in [0.15, 0.2) is 35.4 Å². The minimum absolute atomic E-state index is 0.0880. The maximum atomic E-state index is 13.4. The Morgan fingerprint density at radius 2 is 1.67 bits per heavy atom. The van der Waals surface area contributed by atoms with Crippen LogP contribution >= 0.6 is 0 Å². The lowest BCUT2D eigenvalue weighted by Crippen LogP contribution is -2.22. The lowest BCUT2D eigenvalue weighted by Gasteiger charge is -2.16. The summed E-state index contributed by atoms with van der Waals surface area (Å²) >= 11 is 0. The van der Waals surface area contributed by atoms with E-state index in [2.05, 4.69) is 17.1 Å². The summed E-state index contributed by atoms with van der Waals surface area (Å²) in [6, 6.07) is 8.56. The smallest absolute Gasteiger partial charge is 0.203 e. The van der Waals surface area contributed by atoms with E-state index >= 15 is 0 Å². The molecule has 0 aliphatic heterocycles. The van der Waals surface area contributed by atoms with Crippen molar-refractivity contribution in [2.75, 3.05) is 11.5 Å². The second kappa shape index (κ2) is 8.74. The number of nitrogens with zero attached hydrogens (tertiary/aromatic N) is 3. The first kappa shape index (κ1) is 24.6. The molecule has 8 heteroatoms. The van der Waals surface area contributed by atoms with Crippen LogP contribution in [0, 0.1) is 27.7 Å². The molecule has 2 heterocycles. The van der Waals surface area contributed by atoms with Crippen LogP contribution in [0.3, 0.4) is 0 Å². The summed E-state index contributed by atoms with van der Waals surface area (Å²) in [6.07, 6.45) is 0. The van der Waals surface area contributed by atoms with Gasteiger partial charge in [-0.25, -0.2) is 13.4 Å². The molecular formula is C25H32N4O3S. The Bertz CT molecular complexity index is 1310. The average Bonchev–Trinajstić information content (AvgIpc) is 3.00. The van der Waals surface area contributed by atoms with E-state index in [-0.39, 0.29) is 16.3 Å². The molecule has 0 saturated heterocycles. The highest BCUT2D eigenvalue weighted by Gasteiger charge is 2.31. The number of carbonyl (C=O) groups is 1. The van der Waals surface area contributed by atoms with Gasteiger partial charge in [-0.1, -0.05) is 44.5 Å². The zero-order valence-corrected chi connectivity index (χ0v) is 21.2. The lowest BCUT2D eigenvalue weighted by atomic mass is 9.89. The molecule has 3 aromatic rings. The van der Waals surface area contributed by atoms with Crippen LogP contribution in [0.1, 0.15) is 64.8 Å². The molecule has 0 unspecified atom stereocenters. The maximum Gasteiger partial charge on any atom is 0.203 e. The highest BCUT2D eigenvalue weighted by Crippen LogP contribution is 2.29. The van der Waals surface area contributed by atoms with Crippen LogP contribution in [-0.4, -0.2) is 34.7 Å². The number of aromatic nitrogens is 3. The normalized spacial score (nSPS) is 12.2. The van der Waals surface area contributed by atoms with Crippen molar-refractivity contribution in [3.63, 3.8) is 0 Å². The zero-order valence-electron chi connectivity index (χ0n) is 20.4. The van der Waals surface area contributed by atoms with Crippen molar-refractivity contribution in [2.45, 2.75) is 65.5 Å². The minimum atomic E-state index is -3.97. The molecule has 1 aromatic carbocycles. The summed E-state index contributed by atoms with van der Waals surface area (Å²) in [6.45, 7) is 14.4. The van der Waals surface area contributed by atoms with Crippen molar-refractivity contribution in [1.82, 2.24) is 14.8 Å². The van der Waals surface area contributed by atoms with Gasteiger partial charge in [0, 0.05) is 11.0 Å². The molecule has 0 bridgehead atoms. The number of nitrogen functional groups attached to an aromatic ring is 1. The molecule has 2 N–H and O–H groups in total. The van der Waals surface area contributed by atoms with Gasteiger partial charge < -0.3 is 5.73 Å². The van der Waals surface area contributed by atoms with Crippen molar-refractivity contribution >= 4 is 21.4 Å². The summed E-state index contributed by atoms with van der Waals surface area (Å²) in [5, 5.41) is 4.58. The quantitative estimate of drug-likeness (QED) is 0.546. The molecule has 3 rings (SSSR count). The van der Waals surface area contributed by atoms with Gasteiger partial charge in [-0.15, -0.1) is 0 Å². The molecule has 176 valence electrons. The first-order valence-corrected chi connectivity index (χ1v) is 12.5. The lowest BCUT2D eigenvalue weighted by molar-refractivity contribution is 0.101. The number of pyridine rings is 1. The van der Waals surface area contributed by atoms with Crippen LogP contribution in [0.5, 0.6) is 0 Å². The van der Waals surface area contributed by atoms with E-state index in [0.29, 0.717) is 17.8 Å². The van der Waals surface area contributed by atoms with Crippen molar-refractivity contribution < 1.29 is 13.2 Å². The predicted octanol–water partition coefficient (Wildman–Crippen LogP) is 4.10. The molecule has 0 amide bonds. The van der Waals surface area contributed by atoms with Gasteiger partial charge in [-0.2, -0.15) is 5.10 Å². The Kier molecular flexibility index (Phi) is 6.53. The second-order valence-corrected chi connectivity index (χ2v) is 11.6. The third-order valence-electron chi connectivity index (χ3n) is 5.70. The molecule has 2 aromatic heterocycles. The Morgan fingerprint density at radius 3 is 2.21 bits per heavy atom. The highest BCUT2D eigenvalue weighted by molar-refractivity contribution is 7.92. The first-order chi connectivity index (χ1) is 15.2. The molecule has 0 fully saturated rings. The van der Waals surface area contributed by atoms with Gasteiger partial charge in [0.2, 0.25) is 9.84 Å². The van der Waals surface area contributed by atoms with Crippen molar-refractivity contribution in [2.24, 2.45) is 0 Å². The summed E-state index contributed by atoms with van der Waals surface area (Å²) in [4.78, 5) is 17.3. The molecule has 0 atom stereocenters. The monoisotopic (exact) mass is 468 g/mol. The number of benzene rings is 1. The van der Waals surface area contributed by atoms with Crippen LogP contribution < -0.4 is 5.73 Å². The van der Waals surface area contributed by atoms with E-state index in [0.717, 1.165) is 27.9 Å². The van der Waals surface area contributed by atoms with Gasteiger partial charge in [-0.3, -0.25) is 9.48 Å². The number of hydrogen-bond acceptors (Lipinski definition) is 6. The number of rotatable bonds is 6. The fraction of sp³-hybridized carbons (Fsp3) is 0.400. The third kappa shape index (κ3) is 5.16. The van der Waals surface area contributed by atoms with E-state index in [9.17, 15) is 13.2 Å². The number of hydrogen-bond donors (Lipinski definition) is 1. The fourth-order valence-electron chi connectivity index (χ4n) is 4.26. The Balaban J connectivity index is 2.09. The van der Waals surface area contributed by atoms with Crippen molar-refractivity contribution in [1.29, 1.82) is 0 Å². The van der Waals surface area contributed by atoms with Crippen molar-refractivity contribution in [3.05, 3.63) is 69.5 Å². The van der Waals surface area contributed by atoms with Gasteiger partial charge in [-0.05, 0) is 56.5 Å². The zero-order chi connectivity index (χ0) is 24.7. The Morgan fingerprint density at radius 1 is 1.06 bits per heavy atom. The Labute approximate surface area is 196 Å². The van der Waals surface area contributed by atoms with Crippen LogP contribution in [0.25, 0.3) is 0 Å². The van der Waals surface area contributed by atoms with Gasteiger partial charge >= 0.3 is 0 Å². The van der Waals surface area contributed by atoms with E-state index in [4.69, 9.17) is 10.8 Å². The number of carbonyl (C=O) groups excluding carboxylic acids is 1. The summed E-state index contributed by atoms with van der Waals surface area (Å²) in [5.41, 5.74) is 11.6. The molecule has 0 radical (unpaired) electrons. The average molecular weight is 469 g/mol. The van der Waals surface area contributed by atoms with Gasteiger partial charge in [0.1, 0.15) is 17.3 Å². The van der Waals surface area contributed by atoms with Crippen LogP contribution in [0.4, 0.5) is 5.82 Å². The summed E-state index contributed by atoms with van der Waals surface area (Å²) in [7, 11) is -3.97. The Hall–Kier alpha value is -3.00. The molecule has 7 nitrogen and oxygen atoms in total. The van der Waals surface area contributed by atoms with E-state index < -0.39 is 21.4 Å². The number of aryl methyl sites for hydroxylation is 3. The van der Waals surface area contributed by atoms with E-state index in [1.807, 2.05) is 48.5 Å².